The summed E-state index contributed by atoms with van der Waals surface area (Å²) in [6.45, 7) is 0.639. The van der Waals surface area contributed by atoms with Gasteiger partial charge < -0.3 is 15.8 Å². The summed E-state index contributed by atoms with van der Waals surface area (Å²) in [4.78, 5) is 6.22. The highest BCUT2D eigenvalue weighted by Gasteiger charge is 2.12. The number of nitrogens with zero attached hydrogens (tertiary/aromatic N) is 3. The van der Waals surface area contributed by atoms with Crippen LogP contribution in [-0.4, -0.2) is 23.1 Å². The second kappa shape index (κ2) is 6.25. The molecule has 0 spiro atoms. The molecule has 0 aliphatic heterocycles. The molecule has 2 rings (SSSR count). The summed E-state index contributed by atoms with van der Waals surface area (Å²) in [5.41, 5.74) is 7.34. The molecule has 6 heteroatoms. The first kappa shape index (κ1) is 14.1. The Morgan fingerprint density at radius 2 is 2.05 bits per heavy atom. The van der Waals surface area contributed by atoms with E-state index in [1.54, 1.807) is 18.3 Å². The lowest BCUT2D eigenvalue weighted by atomic mass is 10.2. The van der Waals surface area contributed by atoms with Crippen LogP contribution >= 0.6 is 11.6 Å². The van der Waals surface area contributed by atoms with Crippen LogP contribution in [0.5, 0.6) is 0 Å². The molecule has 1 heterocycles. The zero-order chi connectivity index (χ0) is 14.5. The number of hydrogen-bond donors (Lipinski definition) is 2. The highest BCUT2D eigenvalue weighted by molar-refractivity contribution is 6.30. The predicted octanol–water partition coefficient (Wildman–Crippen LogP) is 2.47. The zero-order valence-corrected chi connectivity index (χ0v) is 11.7. The van der Waals surface area contributed by atoms with Crippen molar-refractivity contribution >= 4 is 23.3 Å². The second-order valence-electron chi connectivity index (χ2n) is 4.34. The molecule has 3 N–H and O–H groups in total. The average Bonchev–Trinajstić information content (AvgIpc) is 2.48. The number of amidine groups is 1. The van der Waals surface area contributed by atoms with Gasteiger partial charge in [0.25, 0.3) is 0 Å². The van der Waals surface area contributed by atoms with Crippen LogP contribution in [0.15, 0.2) is 47.8 Å². The second-order valence-corrected chi connectivity index (χ2v) is 4.78. The molecule has 0 unspecified atom stereocenters. The number of aromatic nitrogens is 1. The number of oxime groups is 1. The van der Waals surface area contributed by atoms with E-state index in [1.165, 1.54) is 0 Å². The molecular weight excluding hydrogens is 276 g/mol. The Bertz CT molecular complexity index is 613. The van der Waals surface area contributed by atoms with E-state index in [1.807, 2.05) is 36.2 Å². The standard InChI is InChI=1S/C14H15ClN4O/c1-19(9-10-4-6-11(15)7-5-10)14-12(13(16)18-20)3-2-8-17-14/h2-8,20H,9H2,1H3,(H2,16,18). The molecule has 0 aliphatic rings. The molecule has 0 aliphatic carbocycles. The summed E-state index contributed by atoms with van der Waals surface area (Å²) in [7, 11) is 1.89. The van der Waals surface area contributed by atoms with Crippen molar-refractivity contribution in [1.29, 1.82) is 0 Å². The lowest BCUT2D eigenvalue weighted by molar-refractivity contribution is 0.318. The SMILES string of the molecule is CN(Cc1ccc(Cl)cc1)c1ncccc1C(N)=NO. The van der Waals surface area contributed by atoms with Gasteiger partial charge in [0.1, 0.15) is 5.82 Å². The lowest BCUT2D eigenvalue weighted by Crippen LogP contribution is -2.23. The first-order valence-corrected chi connectivity index (χ1v) is 6.38. The fraction of sp³-hybridized carbons (Fsp3) is 0.143. The van der Waals surface area contributed by atoms with Gasteiger partial charge in [0.05, 0.1) is 5.56 Å². The molecule has 0 saturated carbocycles. The number of rotatable bonds is 4. The van der Waals surface area contributed by atoms with E-state index in [9.17, 15) is 0 Å². The van der Waals surface area contributed by atoms with Crippen molar-refractivity contribution in [2.45, 2.75) is 6.54 Å². The summed E-state index contributed by atoms with van der Waals surface area (Å²) >= 11 is 5.86. The van der Waals surface area contributed by atoms with Crippen molar-refractivity contribution in [2.24, 2.45) is 10.9 Å². The van der Waals surface area contributed by atoms with Gasteiger partial charge in [-0.1, -0.05) is 28.9 Å². The molecule has 0 radical (unpaired) electrons. The Morgan fingerprint density at radius 1 is 1.35 bits per heavy atom. The molecule has 0 fully saturated rings. The topological polar surface area (TPSA) is 74.7 Å². The number of anilines is 1. The van der Waals surface area contributed by atoms with E-state index in [4.69, 9.17) is 22.5 Å². The molecule has 1 aromatic heterocycles. The lowest BCUT2D eigenvalue weighted by Gasteiger charge is -2.20. The fourth-order valence-electron chi connectivity index (χ4n) is 1.89. The molecule has 104 valence electrons. The van der Waals surface area contributed by atoms with E-state index in [0.717, 1.165) is 5.56 Å². The van der Waals surface area contributed by atoms with E-state index >= 15 is 0 Å². The van der Waals surface area contributed by atoms with Gasteiger partial charge in [0.15, 0.2) is 5.84 Å². The third-order valence-electron chi connectivity index (χ3n) is 2.86. The van der Waals surface area contributed by atoms with Crippen LogP contribution < -0.4 is 10.6 Å². The molecule has 0 atom stereocenters. The minimum atomic E-state index is 0.0380. The van der Waals surface area contributed by atoms with Crippen LogP contribution in [0.1, 0.15) is 11.1 Å². The van der Waals surface area contributed by atoms with E-state index < -0.39 is 0 Å². The van der Waals surface area contributed by atoms with Gasteiger partial charge >= 0.3 is 0 Å². The van der Waals surface area contributed by atoms with Crippen molar-refractivity contribution in [1.82, 2.24) is 4.98 Å². The molecule has 1 aromatic carbocycles. The van der Waals surface area contributed by atoms with Crippen molar-refractivity contribution < 1.29 is 5.21 Å². The van der Waals surface area contributed by atoms with Crippen LogP contribution in [0.2, 0.25) is 5.02 Å². The van der Waals surface area contributed by atoms with Crippen LogP contribution in [0.25, 0.3) is 0 Å². The fourth-order valence-corrected chi connectivity index (χ4v) is 2.02. The van der Waals surface area contributed by atoms with Crippen LogP contribution in [-0.2, 0) is 6.54 Å². The summed E-state index contributed by atoms with van der Waals surface area (Å²) in [5.74, 6) is 0.689. The number of benzene rings is 1. The number of halogens is 1. The molecule has 0 saturated heterocycles. The minimum Gasteiger partial charge on any atom is -0.409 e. The Morgan fingerprint density at radius 3 is 2.70 bits per heavy atom. The van der Waals surface area contributed by atoms with E-state index in [0.29, 0.717) is 22.9 Å². The maximum Gasteiger partial charge on any atom is 0.173 e. The largest absolute Gasteiger partial charge is 0.409 e. The average molecular weight is 291 g/mol. The monoisotopic (exact) mass is 290 g/mol. The van der Waals surface area contributed by atoms with Crippen LogP contribution in [0.4, 0.5) is 5.82 Å². The first-order valence-electron chi connectivity index (χ1n) is 6.00. The maximum atomic E-state index is 8.82. The molecule has 0 bridgehead atoms. The first-order chi connectivity index (χ1) is 9.61. The smallest absolute Gasteiger partial charge is 0.173 e. The predicted molar refractivity (Wildman–Crippen MR) is 80.3 cm³/mol. The third kappa shape index (κ3) is 3.19. The third-order valence-corrected chi connectivity index (χ3v) is 3.12. The van der Waals surface area contributed by atoms with Gasteiger partial charge in [-0.2, -0.15) is 0 Å². The van der Waals surface area contributed by atoms with Crippen molar-refractivity contribution in [2.75, 3.05) is 11.9 Å². The Labute approximate surface area is 122 Å². The van der Waals surface area contributed by atoms with Crippen molar-refractivity contribution in [3.63, 3.8) is 0 Å². The van der Waals surface area contributed by atoms with Gasteiger partial charge in [-0.05, 0) is 29.8 Å². The quantitative estimate of drug-likeness (QED) is 0.393. The highest BCUT2D eigenvalue weighted by Crippen LogP contribution is 2.18. The summed E-state index contributed by atoms with van der Waals surface area (Å²) in [5, 5.41) is 12.5. The number of hydrogen-bond acceptors (Lipinski definition) is 4. The normalized spacial score (nSPS) is 11.4. The molecular formula is C14H15ClN4O. The Kier molecular flexibility index (Phi) is 4.42. The van der Waals surface area contributed by atoms with E-state index in [-0.39, 0.29) is 5.84 Å². The zero-order valence-electron chi connectivity index (χ0n) is 11.0. The maximum absolute atomic E-state index is 8.82. The van der Waals surface area contributed by atoms with Gasteiger partial charge in [-0.3, -0.25) is 0 Å². The van der Waals surface area contributed by atoms with Gasteiger partial charge in [0.2, 0.25) is 0 Å². The highest BCUT2D eigenvalue weighted by atomic mass is 35.5. The Balaban J connectivity index is 2.25. The summed E-state index contributed by atoms with van der Waals surface area (Å²) in [6, 6.07) is 11.1. The Hall–Kier alpha value is -2.27. The summed E-state index contributed by atoms with van der Waals surface area (Å²) < 4.78 is 0. The molecule has 20 heavy (non-hydrogen) atoms. The molecule has 2 aromatic rings. The van der Waals surface area contributed by atoms with Crippen molar-refractivity contribution in [3.8, 4) is 0 Å². The van der Waals surface area contributed by atoms with Crippen molar-refractivity contribution in [3.05, 3.63) is 58.7 Å². The summed E-state index contributed by atoms with van der Waals surface area (Å²) in [6.07, 6.45) is 1.67. The van der Waals surface area contributed by atoms with Gasteiger partial charge in [-0.25, -0.2) is 4.98 Å². The van der Waals surface area contributed by atoms with E-state index in [2.05, 4.69) is 10.1 Å². The minimum absolute atomic E-state index is 0.0380. The number of pyridine rings is 1. The van der Waals surface area contributed by atoms with Gasteiger partial charge in [0, 0.05) is 24.8 Å². The van der Waals surface area contributed by atoms with Gasteiger partial charge in [-0.15, -0.1) is 0 Å². The molecule has 5 nitrogen and oxygen atoms in total. The van der Waals surface area contributed by atoms with Crippen LogP contribution in [0.3, 0.4) is 0 Å². The van der Waals surface area contributed by atoms with Crippen LogP contribution in [0, 0.1) is 0 Å². The number of nitrogens with two attached hydrogens (primary N) is 1. The molecule has 0 amide bonds.